The Balaban J connectivity index is 1.90. The normalized spacial score (nSPS) is 24.5. The number of nitrogens with zero attached hydrogens (tertiary/aromatic N) is 2. The monoisotopic (exact) mass is 311 g/mol. The number of likely N-dealkylation sites (tertiary alicyclic amines) is 1. The molecule has 0 aromatic rings. The van der Waals surface area contributed by atoms with Gasteiger partial charge in [0.1, 0.15) is 0 Å². The zero-order chi connectivity index (χ0) is 16.1. The first-order valence-electron chi connectivity index (χ1n) is 8.40. The smallest absolute Gasteiger partial charge is 0.239 e. The van der Waals surface area contributed by atoms with Crippen molar-refractivity contribution in [1.29, 1.82) is 0 Å². The van der Waals surface area contributed by atoms with Crippen LogP contribution in [0.3, 0.4) is 0 Å². The number of carbonyl (C=O) groups is 2. The lowest BCUT2D eigenvalue weighted by atomic mass is 9.95. The van der Waals surface area contributed by atoms with Crippen molar-refractivity contribution in [3.8, 4) is 0 Å². The van der Waals surface area contributed by atoms with Gasteiger partial charge in [0.05, 0.1) is 25.2 Å². The van der Waals surface area contributed by atoms with Gasteiger partial charge in [0.2, 0.25) is 11.8 Å². The molecule has 0 aromatic carbocycles. The molecule has 0 spiro atoms. The van der Waals surface area contributed by atoms with Gasteiger partial charge in [0.25, 0.3) is 0 Å². The SMILES string of the molecule is CC(C)C[C@H](N)C(=O)N1CCCC(C(=O)N2CCOCC2)C1. The average molecular weight is 311 g/mol. The van der Waals surface area contributed by atoms with Gasteiger partial charge in [-0.25, -0.2) is 0 Å². The molecule has 0 aromatic heterocycles. The van der Waals surface area contributed by atoms with E-state index < -0.39 is 6.04 Å². The molecule has 2 aliphatic rings. The summed E-state index contributed by atoms with van der Waals surface area (Å²) in [5.74, 6) is 0.475. The molecule has 6 heteroatoms. The van der Waals surface area contributed by atoms with E-state index >= 15 is 0 Å². The fourth-order valence-electron chi connectivity index (χ4n) is 3.26. The van der Waals surface area contributed by atoms with E-state index in [-0.39, 0.29) is 17.7 Å². The van der Waals surface area contributed by atoms with E-state index in [4.69, 9.17) is 10.5 Å². The molecule has 6 nitrogen and oxygen atoms in total. The number of carbonyl (C=O) groups excluding carboxylic acids is 2. The van der Waals surface area contributed by atoms with Crippen LogP contribution in [0.5, 0.6) is 0 Å². The highest BCUT2D eigenvalue weighted by molar-refractivity contribution is 5.84. The molecule has 2 rings (SSSR count). The molecular formula is C16H29N3O3. The third-order valence-corrected chi connectivity index (χ3v) is 4.45. The summed E-state index contributed by atoms with van der Waals surface area (Å²) >= 11 is 0. The highest BCUT2D eigenvalue weighted by Gasteiger charge is 2.33. The molecule has 2 aliphatic heterocycles. The molecule has 22 heavy (non-hydrogen) atoms. The van der Waals surface area contributed by atoms with Crippen LogP contribution in [0.1, 0.15) is 33.1 Å². The lowest BCUT2D eigenvalue weighted by Crippen LogP contribution is -2.52. The zero-order valence-corrected chi connectivity index (χ0v) is 13.8. The van der Waals surface area contributed by atoms with Gasteiger partial charge in [0, 0.05) is 26.2 Å². The fraction of sp³-hybridized carbons (Fsp3) is 0.875. The van der Waals surface area contributed by atoms with Crippen molar-refractivity contribution in [2.24, 2.45) is 17.6 Å². The second kappa shape index (κ2) is 7.92. The molecule has 2 amide bonds. The van der Waals surface area contributed by atoms with Crippen LogP contribution in [0.4, 0.5) is 0 Å². The molecule has 0 radical (unpaired) electrons. The van der Waals surface area contributed by atoms with Crippen LogP contribution in [0, 0.1) is 11.8 Å². The molecule has 2 heterocycles. The highest BCUT2D eigenvalue weighted by atomic mass is 16.5. The molecule has 2 fully saturated rings. The van der Waals surface area contributed by atoms with Crippen LogP contribution < -0.4 is 5.73 Å². The van der Waals surface area contributed by atoms with E-state index in [1.807, 2.05) is 4.90 Å². The Hall–Kier alpha value is -1.14. The quantitative estimate of drug-likeness (QED) is 0.818. The van der Waals surface area contributed by atoms with Crippen LogP contribution in [-0.4, -0.2) is 67.0 Å². The van der Waals surface area contributed by atoms with Gasteiger partial charge in [-0.05, 0) is 25.2 Å². The third-order valence-electron chi connectivity index (χ3n) is 4.45. The average Bonchev–Trinajstić information content (AvgIpc) is 2.53. The lowest BCUT2D eigenvalue weighted by molar-refractivity contribution is -0.144. The number of morpholine rings is 1. The molecule has 0 aliphatic carbocycles. The molecule has 2 N–H and O–H groups in total. The van der Waals surface area contributed by atoms with Crippen LogP contribution >= 0.6 is 0 Å². The molecule has 0 bridgehead atoms. The number of hydrogen-bond acceptors (Lipinski definition) is 4. The fourth-order valence-corrected chi connectivity index (χ4v) is 3.26. The minimum atomic E-state index is -0.447. The molecule has 1 unspecified atom stereocenters. The summed E-state index contributed by atoms with van der Waals surface area (Å²) in [6, 6.07) is -0.447. The molecular weight excluding hydrogens is 282 g/mol. The number of hydrogen-bond donors (Lipinski definition) is 1. The van der Waals surface area contributed by atoms with Crippen molar-refractivity contribution >= 4 is 11.8 Å². The first-order valence-corrected chi connectivity index (χ1v) is 8.40. The van der Waals surface area contributed by atoms with E-state index in [2.05, 4.69) is 13.8 Å². The maximum absolute atomic E-state index is 12.6. The van der Waals surface area contributed by atoms with E-state index in [1.54, 1.807) is 4.90 Å². The van der Waals surface area contributed by atoms with Gasteiger partial charge in [-0.2, -0.15) is 0 Å². The third kappa shape index (κ3) is 4.43. The molecule has 126 valence electrons. The van der Waals surface area contributed by atoms with E-state index in [0.717, 1.165) is 19.4 Å². The molecule has 2 saturated heterocycles. The van der Waals surface area contributed by atoms with E-state index in [9.17, 15) is 9.59 Å². The number of rotatable bonds is 4. The Morgan fingerprint density at radius 2 is 1.86 bits per heavy atom. The number of amides is 2. The van der Waals surface area contributed by atoms with Crippen LogP contribution in [0.15, 0.2) is 0 Å². The summed E-state index contributed by atoms with van der Waals surface area (Å²) < 4.78 is 5.29. The van der Waals surface area contributed by atoms with Gasteiger partial charge in [-0.15, -0.1) is 0 Å². The van der Waals surface area contributed by atoms with Crippen LogP contribution in [0.25, 0.3) is 0 Å². The maximum Gasteiger partial charge on any atom is 0.239 e. The van der Waals surface area contributed by atoms with E-state index in [1.165, 1.54) is 0 Å². The number of nitrogens with two attached hydrogens (primary N) is 1. The standard InChI is InChI=1S/C16H29N3O3/c1-12(2)10-14(17)16(21)19-5-3-4-13(11-19)15(20)18-6-8-22-9-7-18/h12-14H,3-11,17H2,1-2H3/t13?,14-/m0/s1. The van der Waals surface area contributed by atoms with Crippen molar-refractivity contribution in [3.05, 3.63) is 0 Å². The van der Waals surface area contributed by atoms with Gasteiger partial charge in [-0.3, -0.25) is 9.59 Å². The predicted molar refractivity (Wildman–Crippen MR) is 84.1 cm³/mol. The Morgan fingerprint density at radius 1 is 1.18 bits per heavy atom. The summed E-state index contributed by atoms with van der Waals surface area (Å²) in [4.78, 5) is 28.7. The summed E-state index contributed by atoms with van der Waals surface area (Å²) in [5, 5.41) is 0. The lowest BCUT2D eigenvalue weighted by Gasteiger charge is -2.37. The first-order chi connectivity index (χ1) is 10.5. The second-order valence-electron chi connectivity index (χ2n) is 6.80. The Morgan fingerprint density at radius 3 is 2.50 bits per heavy atom. The summed E-state index contributed by atoms with van der Waals surface area (Å²) in [6.07, 6.45) is 2.43. The second-order valence-corrected chi connectivity index (χ2v) is 6.80. The summed E-state index contributed by atoms with van der Waals surface area (Å²) in [6.45, 7) is 7.91. The minimum absolute atomic E-state index is 0.00632. The van der Waals surface area contributed by atoms with Crippen molar-refractivity contribution in [1.82, 2.24) is 9.80 Å². The van der Waals surface area contributed by atoms with Gasteiger partial charge in [0.15, 0.2) is 0 Å². The minimum Gasteiger partial charge on any atom is -0.378 e. The number of ether oxygens (including phenoxy) is 1. The van der Waals surface area contributed by atoms with Crippen LogP contribution in [0.2, 0.25) is 0 Å². The first kappa shape index (κ1) is 17.2. The van der Waals surface area contributed by atoms with Crippen molar-refractivity contribution < 1.29 is 14.3 Å². The van der Waals surface area contributed by atoms with Gasteiger partial charge >= 0.3 is 0 Å². The van der Waals surface area contributed by atoms with Crippen molar-refractivity contribution in [3.63, 3.8) is 0 Å². The van der Waals surface area contributed by atoms with Gasteiger partial charge < -0.3 is 20.3 Å². The zero-order valence-electron chi connectivity index (χ0n) is 13.8. The highest BCUT2D eigenvalue weighted by Crippen LogP contribution is 2.20. The molecule has 2 atom stereocenters. The van der Waals surface area contributed by atoms with Crippen molar-refractivity contribution in [2.45, 2.75) is 39.2 Å². The predicted octanol–water partition coefficient (Wildman–Crippen LogP) is 0.457. The van der Waals surface area contributed by atoms with Crippen LogP contribution in [-0.2, 0) is 14.3 Å². The Bertz CT molecular complexity index is 394. The topological polar surface area (TPSA) is 75.9 Å². The maximum atomic E-state index is 12.6. The summed E-state index contributed by atoms with van der Waals surface area (Å²) in [7, 11) is 0. The summed E-state index contributed by atoms with van der Waals surface area (Å²) in [5.41, 5.74) is 6.01. The Kier molecular flexibility index (Phi) is 6.20. The molecule has 0 saturated carbocycles. The van der Waals surface area contributed by atoms with Gasteiger partial charge in [-0.1, -0.05) is 13.8 Å². The van der Waals surface area contributed by atoms with E-state index in [0.29, 0.717) is 45.2 Å². The number of piperidine rings is 1. The largest absolute Gasteiger partial charge is 0.378 e. The van der Waals surface area contributed by atoms with Crippen molar-refractivity contribution in [2.75, 3.05) is 39.4 Å². The Labute approximate surface area is 132 Å².